The Morgan fingerprint density at radius 1 is 1.42 bits per heavy atom. The van der Waals surface area contributed by atoms with E-state index in [4.69, 9.17) is 5.11 Å². The van der Waals surface area contributed by atoms with Gasteiger partial charge in [0, 0.05) is 17.9 Å². The third-order valence-corrected chi connectivity index (χ3v) is 3.01. The molecule has 0 amide bonds. The van der Waals surface area contributed by atoms with E-state index >= 15 is 0 Å². The number of rotatable bonds is 1. The lowest BCUT2D eigenvalue weighted by atomic mass is 10.1. The van der Waals surface area contributed by atoms with Crippen LogP contribution < -0.4 is 5.32 Å². The van der Waals surface area contributed by atoms with Crippen molar-refractivity contribution in [2.45, 2.75) is 24.8 Å². The topological polar surface area (TPSA) is 32.3 Å². The smallest absolute Gasteiger partial charge is 0.254 e. The first-order chi connectivity index (χ1) is 5.66. The average Bonchev–Trinajstić information content (AvgIpc) is 2.62. The Bertz CT molecular complexity index is 186. The predicted octanol–water partition coefficient (Wildman–Crippen LogP) is 0.612. The minimum absolute atomic E-state index is 0.0285. The van der Waals surface area contributed by atoms with Gasteiger partial charge in [0.15, 0.2) is 0 Å². The number of hydrogen-bond donors (Lipinski definition) is 2. The lowest BCUT2D eigenvalue weighted by Crippen LogP contribution is -2.33. The SMILES string of the molecule is OC[C@@H]1CC2C(CCN1)C2(F)F. The second-order valence-electron chi connectivity index (χ2n) is 3.75. The molecule has 70 valence electrons. The average molecular weight is 177 g/mol. The molecule has 2 N–H and O–H groups in total. The highest BCUT2D eigenvalue weighted by Crippen LogP contribution is 2.59. The molecule has 2 rings (SSSR count). The molecular weight excluding hydrogens is 164 g/mol. The van der Waals surface area contributed by atoms with Crippen LogP contribution in [0.15, 0.2) is 0 Å². The van der Waals surface area contributed by atoms with Crippen molar-refractivity contribution in [1.29, 1.82) is 0 Å². The fourth-order valence-electron chi connectivity index (χ4n) is 2.15. The second-order valence-corrected chi connectivity index (χ2v) is 3.75. The van der Waals surface area contributed by atoms with E-state index in [1.165, 1.54) is 0 Å². The minimum Gasteiger partial charge on any atom is -0.395 e. The molecule has 0 aromatic carbocycles. The number of alkyl halides is 2. The van der Waals surface area contributed by atoms with E-state index in [1.807, 2.05) is 0 Å². The van der Waals surface area contributed by atoms with Crippen molar-refractivity contribution < 1.29 is 13.9 Å². The summed E-state index contributed by atoms with van der Waals surface area (Å²) in [5.74, 6) is -3.32. The molecule has 0 radical (unpaired) electrons. The van der Waals surface area contributed by atoms with Gasteiger partial charge < -0.3 is 10.4 Å². The van der Waals surface area contributed by atoms with Gasteiger partial charge in [-0.3, -0.25) is 0 Å². The molecule has 12 heavy (non-hydrogen) atoms. The van der Waals surface area contributed by atoms with E-state index in [9.17, 15) is 8.78 Å². The quantitative estimate of drug-likeness (QED) is 0.615. The number of hydrogen-bond acceptors (Lipinski definition) is 2. The van der Waals surface area contributed by atoms with Crippen LogP contribution in [0.2, 0.25) is 0 Å². The van der Waals surface area contributed by atoms with Crippen LogP contribution in [-0.2, 0) is 0 Å². The summed E-state index contributed by atoms with van der Waals surface area (Å²) in [5, 5.41) is 11.9. The molecule has 0 aromatic heterocycles. The lowest BCUT2D eigenvalue weighted by Gasteiger charge is -2.13. The Hall–Kier alpha value is -0.220. The van der Waals surface area contributed by atoms with Crippen LogP contribution in [0, 0.1) is 11.8 Å². The van der Waals surface area contributed by atoms with Crippen LogP contribution in [0.4, 0.5) is 8.78 Å². The second kappa shape index (κ2) is 2.64. The molecule has 2 aliphatic rings. The highest BCUT2D eigenvalue weighted by molar-refractivity contribution is 5.07. The molecular formula is C8H13F2NO. The summed E-state index contributed by atoms with van der Waals surface area (Å²) in [5.41, 5.74) is 0. The third-order valence-electron chi connectivity index (χ3n) is 3.01. The van der Waals surface area contributed by atoms with Crippen molar-refractivity contribution in [3.05, 3.63) is 0 Å². The van der Waals surface area contributed by atoms with Gasteiger partial charge in [-0.25, -0.2) is 8.78 Å². The molecule has 1 heterocycles. The van der Waals surface area contributed by atoms with Crippen molar-refractivity contribution in [2.24, 2.45) is 11.8 Å². The van der Waals surface area contributed by atoms with Crippen LogP contribution >= 0.6 is 0 Å². The lowest BCUT2D eigenvalue weighted by molar-refractivity contribution is 0.0738. The first-order valence-corrected chi connectivity index (χ1v) is 4.38. The van der Waals surface area contributed by atoms with Gasteiger partial charge >= 0.3 is 0 Å². The summed E-state index contributed by atoms with van der Waals surface area (Å²) in [7, 11) is 0. The Labute approximate surface area is 70.0 Å². The van der Waals surface area contributed by atoms with E-state index < -0.39 is 17.8 Å². The molecule has 1 saturated carbocycles. The summed E-state index contributed by atoms with van der Waals surface area (Å²) < 4.78 is 25.8. The van der Waals surface area contributed by atoms with E-state index in [2.05, 4.69) is 5.32 Å². The first-order valence-electron chi connectivity index (χ1n) is 4.38. The Kier molecular flexibility index (Phi) is 1.84. The molecule has 2 fully saturated rings. The molecule has 2 unspecified atom stereocenters. The van der Waals surface area contributed by atoms with Crippen LogP contribution in [0.3, 0.4) is 0 Å². The monoisotopic (exact) mass is 177 g/mol. The summed E-state index contributed by atoms with van der Waals surface area (Å²) in [6, 6.07) is -0.117. The van der Waals surface area contributed by atoms with Gasteiger partial charge in [-0.1, -0.05) is 0 Å². The fourth-order valence-corrected chi connectivity index (χ4v) is 2.15. The van der Waals surface area contributed by atoms with E-state index in [-0.39, 0.29) is 12.6 Å². The summed E-state index contributed by atoms with van der Waals surface area (Å²) in [6.07, 6.45) is 0.975. The molecule has 1 aliphatic carbocycles. The molecule has 1 saturated heterocycles. The Morgan fingerprint density at radius 3 is 2.83 bits per heavy atom. The maximum Gasteiger partial charge on any atom is 0.254 e. The molecule has 1 aliphatic heterocycles. The fraction of sp³-hybridized carbons (Fsp3) is 1.00. The molecule has 4 heteroatoms. The number of nitrogens with one attached hydrogen (secondary N) is 1. The van der Waals surface area contributed by atoms with Crippen molar-refractivity contribution in [3.63, 3.8) is 0 Å². The molecule has 3 atom stereocenters. The predicted molar refractivity (Wildman–Crippen MR) is 40.0 cm³/mol. The van der Waals surface area contributed by atoms with E-state index in [0.717, 1.165) is 0 Å². The minimum atomic E-state index is -2.44. The van der Waals surface area contributed by atoms with Crippen LogP contribution in [0.25, 0.3) is 0 Å². The summed E-state index contributed by atoms with van der Waals surface area (Å²) in [4.78, 5) is 0. The van der Waals surface area contributed by atoms with E-state index in [1.54, 1.807) is 0 Å². The van der Waals surface area contributed by atoms with Gasteiger partial charge in [0.05, 0.1) is 6.61 Å². The van der Waals surface area contributed by atoms with Crippen molar-refractivity contribution in [2.75, 3.05) is 13.2 Å². The zero-order chi connectivity index (χ0) is 8.77. The third kappa shape index (κ3) is 1.13. The largest absolute Gasteiger partial charge is 0.395 e. The molecule has 0 bridgehead atoms. The highest BCUT2D eigenvalue weighted by Gasteiger charge is 2.67. The zero-order valence-electron chi connectivity index (χ0n) is 6.76. The van der Waals surface area contributed by atoms with Gasteiger partial charge in [0.1, 0.15) is 0 Å². The van der Waals surface area contributed by atoms with Crippen LogP contribution in [0.1, 0.15) is 12.8 Å². The highest BCUT2D eigenvalue weighted by atomic mass is 19.3. The molecule has 2 nitrogen and oxygen atoms in total. The summed E-state index contributed by atoms with van der Waals surface area (Å²) in [6.45, 7) is 0.585. The number of aliphatic hydroxyl groups excluding tert-OH is 1. The van der Waals surface area contributed by atoms with Crippen LogP contribution in [-0.4, -0.2) is 30.2 Å². The normalized spacial score (nSPS) is 44.8. The van der Waals surface area contributed by atoms with Crippen molar-refractivity contribution >= 4 is 0 Å². The van der Waals surface area contributed by atoms with Gasteiger partial charge in [-0.15, -0.1) is 0 Å². The number of aliphatic hydroxyl groups is 1. The van der Waals surface area contributed by atoms with Crippen molar-refractivity contribution in [3.8, 4) is 0 Å². The van der Waals surface area contributed by atoms with Crippen molar-refractivity contribution in [1.82, 2.24) is 5.32 Å². The van der Waals surface area contributed by atoms with Crippen LogP contribution in [0.5, 0.6) is 0 Å². The van der Waals surface area contributed by atoms with E-state index in [0.29, 0.717) is 19.4 Å². The molecule has 0 aromatic rings. The number of fused-ring (bicyclic) bond motifs is 1. The summed E-state index contributed by atoms with van der Waals surface area (Å²) >= 11 is 0. The van der Waals surface area contributed by atoms with Gasteiger partial charge in [-0.2, -0.15) is 0 Å². The van der Waals surface area contributed by atoms with Gasteiger partial charge in [0.2, 0.25) is 0 Å². The van der Waals surface area contributed by atoms with Gasteiger partial charge in [0.25, 0.3) is 5.92 Å². The molecule has 0 spiro atoms. The zero-order valence-corrected chi connectivity index (χ0v) is 6.76. The maximum absolute atomic E-state index is 12.9. The maximum atomic E-state index is 12.9. The Morgan fingerprint density at radius 2 is 2.17 bits per heavy atom. The Balaban J connectivity index is 1.99. The number of halogens is 2. The standard InChI is InChI=1S/C8H13F2NO/c9-8(10)6-1-2-11-5(4-12)3-7(6)8/h5-7,11-12H,1-4H2/t5-,6?,7?/m0/s1. The first kappa shape index (κ1) is 8.38. The van der Waals surface area contributed by atoms with Gasteiger partial charge in [-0.05, 0) is 19.4 Å².